The molecule has 17 heavy (non-hydrogen) atoms. The van der Waals surface area contributed by atoms with Crippen LogP contribution in [0.25, 0.3) is 0 Å². The van der Waals surface area contributed by atoms with Crippen LogP contribution >= 0.6 is 23.2 Å². The molecule has 0 saturated carbocycles. The summed E-state index contributed by atoms with van der Waals surface area (Å²) in [5.74, 6) is -0.0844. The van der Waals surface area contributed by atoms with Crippen LogP contribution in [0.2, 0.25) is 10.0 Å². The lowest BCUT2D eigenvalue weighted by Gasteiger charge is -2.17. The number of likely N-dealkylation sites (tertiary alicyclic amines) is 1. The fourth-order valence-corrected chi connectivity index (χ4v) is 2.57. The minimum Gasteiger partial charge on any atom is -0.392 e. The van der Waals surface area contributed by atoms with Crippen LogP contribution < -0.4 is 0 Å². The molecular formula is C12H13Cl2NO2. The number of halogens is 2. The standard InChI is InChI=1S/C12H13Cl2NO2/c13-10-4-3-8(11(14)9(10)7-16)12(17)15-5-1-2-6-15/h3-4,16H,1-2,5-7H2. The molecule has 1 saturated heterocycles. The molecule has 1 aliphatic rings. The summed E-state index contributed by atoms with van der Waals surface area (Å²) in [4.78, 5) is 13.9. The molecule has 92 valence electrons. The molecule has 2 rings (SSSR count). The molecule has 1 fully saturated rings. The van der Waals surface area contributed by atoms with Gasteiger partial charge in [-0.3, -0.25) is 4.79 Å². The van der Waals surface area contributed by atoms with E-state index in [2.05, 4.69) is 0 Å². The van der Waals surface area contributed by atoms with E-state index < -0.39 is 0 Å². The maximum Gasteiger partial charge on any atom is 0.255 e. The Morgan fingerprint density at radius 3 is 2.53 bits per heavy atom. The number of carbonyl (C=O) groups excluding carboxylic acids is 1. The molecule has 0 aliphatic carbocycles. The summed E-state index contributed by atoms with van der Waals surface area (Å²) in [6.07, 6.45) is 2.06. The molecular weight excluding hydrogens is 261 g/mol. The molecule has 1 N–H and O–H groups in total. The van der Waals surface area contributed by atoms with Crippen LogP contribution in [0.4, 0.5) is 0 Å². The van der Waals surface area contributed by atoms with Crippen molar-refractivity contribution >= 4 is 29.1 Å². The van der Waals surface area contributed by atoms with E-state index in [1.54, 1.807) is 17.0 Å². The van der Waals surface area contributed by atoms with Gasteiger partial charge in [-0.15, -0.1) is 0 Å². The summed E-state index contributed by atoms with van der Waals surface area (Å²) in [7, 11) is 0. The van der Waals surface area contributed by atoms with E-state index in [9.17, 15) is 9.90 Å². The van der Waals surface area contributed by atoms with Crippen LogP contribution in [0.15, 0.2) is 12.1 Å². The zero-order chi connectivity index (χ0) is 12.4. The first-order chi connectivity index (χ1) is 8.15. The maximum absolute atomic E-state index is 12.2. The van der Waals surface area contributed by atoms with Crippen molar-refractivity contribution in [1.82, 2.24) is 4.90 Å². The summed E-state index contributed by atoms with van der Waals surface area (Å²) >= 11 is 12.0. The average molecular weight is 274 g/mol. The van der Waals surface area contributed by atoms with Crippen LogP contribution in [0, 0.1) is 0 Å². The van der Waals surface area contributed by atoms with Gasteiger partial charge in [0, 0.05) is 23.7 Å². The van der Waals surface area contributed by atoms with Crippen LogP contribution in [-0.2, 0) is 6.61 Å². The van der Waals surface area contributed by atoms with Gasteiger partial charge in [-0.2, -0.15) is 0 Å². The number of carbonyl (C=O) groups is 1. The third kappa shape index (κ3) is 2.41. The fraction of sp³-hybridized carbons (Fsp3) is 0.417. The van der Waals surface area contributed by atoms with Crippen molar-refractivity contribution in [2.45, 2.75) is 19.4 Å². The smallest absolute Gasteiger partial charge is 0.255 e. The monoisotopic (exact) mass is 273 g/mol. The zero-order valence-corrected chi connectivity index (χ0v) is 10.8. The van der Waals surface area contributed by atoms with E-state index in [-0.39, 0.29) is 17.5 Å². The van der Waals surface area contributed by atoms with Crippen LogP contribution in [0.5, 0.6) is 0 Å². The highest BCUT2D eigenvalue weighted by Gasteiger charge is 2.23. The second kappa shape index (κ2) is 5.25. The number of aliphatic hydroxyl groups excluding tert-OH is 1. The van der Waals surface area contributed by atoms with Gasteiger partial charge in [0.25, 0.3) is 5.91 Å². The zero-order valence-electron chi connectivity index (χ0n) is 9.25. The quantitative estimate of drug-likeness (QED) is 0.900. The lowest BCUT2D eigenvalue weighted by atomic mass is 10.1. The van der Waals surface area contributed by atoms with Crippen molar-refractivity contribution in [1.29, 1.82) is 0 Å². The van der Waals surface area contributed by atoms with Gasteiger partial charge in [0.05, 0.1) is 17.2 Å². The highest BCUT2D eigenvalue weighted by Crippen LogP contribution is 2.29. The largest absolute Gasteiger partial charge is 0.392 e. The van der Waals surface area contributed by atoms with Gasteiger partial charge in [-0.25, -0.2) is 0 Å². The Kier molecular flexibility index (Phi) is 3.92. The van der Waals surface area contributed by atoms with E-state index in [0.29, 0.717) is 16.1 Å². The molecule has 1 heterocycles. The molecule has 1 aromatic carbocycles. The Balaban J connectivity index is 2.35. The SMILES string of the molecule is O=C(c1ccc(Cl)c(CO)c1Cl)N1CCCC1. The van der Waals surface area contributed by atoms with Gasteiger partial charge in [-0.1, -0.05) is 23.2 Å². The molecule has 5 heteroatoms. The summed E-state index contributed by atoms with van der Waals surface area (Å²) in [6, 6.07) is 3.22. The first kappa shape index (κ1) is 12.7. The molecule has 1 aromatic rings. The third-order valence-corrected chi connectivity index (χ3v) is 3.75. The van der Waals surface area contributed by atoms with Gasteiger partial charge in [0.15, 0.2) is 0 Å². The van der Waals surface area contributed by atoms with E-state index in [1.807, 2.05) is 0 Å². The number of nitrogens with zero attached hydrogens (tertiary/aromatic N) is 1. The Hall–Kier alpha value is -0.770. The Labute approximate surface area is 110 Å². The van der Waals surface area contributed by atoms with Crippen molar-refractivity contribution in [2.24, 2.45) is 0 Å². The minimum atomic E-state index is -0.265. The van der Waals surface area contributed by atoms with E-state index in [1.165, 1.54) is 0 Å². The lowest BCUT2D eigenvalue weighted by Crippen LogP contribution is -2.28. The third-order valence-electron chi connectivity index (χ3n) is 2.97. The molecule has 0 radical (unpaired) electrons. The highest BCUT2D eigenvalue weighted by molar-refractivity contribution is 6.38. The predicted octanol–water partition coefficient (Wildman–Crippen LogP) is 2.72. The van der Waals surface area contributed by atoms with Crippen molar-refractivity contribution in [2.75, 3.05) is 13.1 Å². The first-order valence-electron chi connectivity index (χ1n) is 5.52. The van der Waals surface area contributed by atoms with E-state index >= 15 is 0 Å². The fourth-order valence-electron chi connectivity index (χ4n) is 2.00. The molecule has 1 aliphatic heterocycles. The lowest BCUT2D eigenvalue weighted by molar-refractivity contribution is 0.0793. The summed E-state index contributed by atoms with van der Waals surface area (Å²) in [5.41, 5.74) is 0.834. The second-order valence-corrected chi connectivity index (χ2v) is 4.83. The summed E-state index contributed by atoms with van der Waals surface area (Å²) in [5, 5.41) is 9.82. The number of benzene rings is 1. The van der Waals surface area contributed by atoms with Crippen molar-refractivity contribution in [3.05, 3.63) is 33.3 Å². The van der Waals surface area contributed by atoms with Gasteiger partial charge in [0.1, 0.15) is 0 Å². The molecule has 3 nitrogen and oxygen atoms in total. The molecule has 0 unspecified atom stereocenters. The Morgan fingerprint density at radius 1 is 1.29 bits per heavy atom. The number of amides is 1. The van der Waals surface area contributed by atoms with E-state index in [4.69, 9.17) is 23.2 Å². The molecule has 0 aromatic heterocycles. The van der Waals surface area contributed by atoms with Crippen LogP contribution in [0.1, 0.15) is 28.8 Å². The van der Waals surface area contributed by atoms with Gasteiger partial charge in [-0.05, 0) is 25.0 Å². The van der Waals surface area contributed by atoms with E-state index in [0.717, 1.165) is 25.9 Å². The topological polar surface area (TPSA) is 40.5 Å². The Bertz CT molecular complexity index is 442. The molecule has 0 bridgehead atoms. The Morgan fingerprint density at radius 2 is 1.94 bits per heavy atom. The van der Waals surface area contributed by atoms with Gasteiger partial charge >= 0.3 is 0 Å². The average Bonchev–Trinajstić information content (AvgIpc) is 2.82. The van der Waals surface area contributed by atoms with Crippen molar-refractivity contribution in [3.63, 3.8) is 0 Å². The number of rotatable bonds is 2. The van der Waals surface area contributed by atoms with Crippen molar-refractivity contribution in [3.8, 4) is 0 Å². The molecule has 0 spiro atoms. The molecule has 1 amide bonds. The molecule has 0 atom stereocenters. The van der Waals surface area contributed by atoms with Crippen molar-refractivity contribution < 1.29 is 9.90 Å². The normalized spacial score (nSPS) is 15.4. The van der Waals surface area contributed by atoms with Gasteiger partial charge < -0.3 is 10.0 Å². The summed E-state index contributed by atoms with van der Waals surface area (Å²) < 4.78 is 0. The maximum atomic E-state index is 12.2. The number of aliphatic hydroxyl groups is 1. The van der Waals surface area contributed by atoms with Crippen LogP contribution in [0.3, 0.4) is 0 Å². The predicted molar refractivity (Wildman–Crippen MR) is 67.5 cm³/mol. The second-order valence-electron chi connectivity index (χ2n) is 4.04. The van der Waals surface area contributed by atoms with Gasteiger partial charge in [0.2, 0.25) is 0 Å². The number of hydrogen-bond donors (Lipinski definition) is 1. The van der Waals surface area contributed by atoms with Crippen LogP contribution in [-0.4, -0.2) is 29.0 Å². The summed E-state index contributed by atoms with van der Waals surface area (Å²) in [6.45, 7) is 1.28. The highest BCUT2D eigenvalue weighted by atomic mass is 35.5. The first-order valence-corrected chi connectivity index (χ1v) is 6.27. The number of hydrogen-bond acceptors (Lipinski definition) is 2. The minimum absolute atomic E-state index is 0.0844.